The van der Waals surface area contributed by atoms with Crippen LogP contribution in [-0.2, 0) is 11.4 Å². The van der Waals surface area contributed by atoms with E-state index in [1.165, 1.54) is 13.8 Å². The summed E-state index contributed by atoms with van der Waals surface area (Å²) in [5.41, 5.74) is 3.45. The Morgan fingerprint density at radius 3 is 2.00 bits per heavy atom. The lowest BCUT2D eigenvalue weighted by molar-refractivity contribution is 0.0515. The highest BCUT2D eigenvalue weighted by Gasteiger charge is 2.17. The SMILES string of the molecule is CCn1c2ccc(C(C)=O)cc2c2cc(C(=O)/C(C)=N\OC(=O)c3ccccc3)ccc21. The molecule has 0 aliphatic heterocycles. The van der Waals surface area contributed by atoms with Gasteiger partial charge in [-0.05, 0) is 69.3 Å². The van der Waals surface area contributed by atoms with Crippen LogP contribution in [0.5, 0.6) is 0 Å². The van der Waals surface area contributed by atoms with E-state index in [1.807, 2.05) is 24.3 Å². The van der Waals surface area contributed by atoms with Crippen molar-refractivity contribution in [2.75, 3.05) is 0 Å². The summed E-state index contributed by atoms with van der Waals surface area (Å²) >= 11 is 0. The monoisotopic (exact) mass is 426 g/mol. The van der Waals surface area contributed by atoms with Crippen LogP contribution in [0.3, 0.4) is 0 Å². The molecular weight excluding hydrogens is 404 g/mol. The van der Waals surface area contributed by atoms with Gasteiger partial charge in [0.25, 0.3) is 0 Å². The van der Waals surface area contributed by atoms with Crippen LogP contribution in [0.15, 0.2) is 71.9 Å². The predicted molar refractivity (Wildman–Crippen MR) is 124 cm³/mol. The fourth-order valence-corrected chi connectivity index (χ4v) is 3.79. The number of aryl methyl sites for hydroxylation is 1. The van der Waals surface area contributed by atoms with Gasteiger partial charge in [0, 0.05) is 39.5 Å². The molecule has 6 nitrogen and oxygen atoms in total. The van der Waals surface area contributed by atoms with Crippen molar-refractivity contribution in [3.05, 3.63) is 83.4 Å². The molecule has 0 radical (unpaired) electrons. The van der Waals surface area contributed by atoms with Gasteiger partial charge in [-0.15, -0.1) is 0 Å². The maximum absolute atomic E-state index is 12.9. The Kier molecular flexibility index (Phi) is 5.69. The molecular formula is C26H22N2O4. The topological polar surface area (TPSA) is 77.7 Å². The summed E-state index contributed by atoms with van der Waals surface area (Å²) in [6, 6.07) is 19.5. The lowest BCUT2D eigenvalue weighted by Gasteiger charge is -2.04. The number of ketones is 2. The molecule has 0 saturated carbocycles. The zero-order chi connectivity index (χ0) is 22.8. The fraction of sp³-hybridized carbons (Fsp3) is 0.154. The molecule has 4 rings (SSSR count). The van der Waals surface area contributed by atoms with Crippen LogP contribution < -0.4 is 0 Å². The summed E-state index contributed by atoms with van der Waals surface area (Å²) in [5.74, 6) is -0.983. The van der Waals surface area contributed by atoms with Crippen LogP contribution in [0.25, 0.3) is 21.8 Å². The number of nitrogens with zero attached hydrogens (tertiary/aromatic N) is 2. The van der Waals surface area contributed by atoms with Crippen molar-refractivity contribution in [2.24, 2.45) is 5.16 Å². The van der Waals surface area contributed by atoms with Crippen LogP contribution >= 0.6 is 0 Å². The second-order valence-corrected chi connectivity index (χ2v) is 7.51. The molecule has 32 heavy (non-hydrogen) atoms. The Balaban J connectivity index is 1.70. The van der Waals surface area contributed by atoms with Crippen LogP contribution in [-0.4, -0.2) is 27.8 Å². The minimum absolute atomic E-state index is 0.0141. The predicted octanol–water partition coefficient (Wildman–Crippen LogP) is 5.43. The quantitative estimate of drug-likeness (QED) is 0.178. The number of oxime groups is 1. The lowest BCUT2D eigenvalue weighted by Crippen LogP contribution is -2.12. The molecule has 0 spiro atoms. The highest BCUT2D eigenvalue weighted by atomic mass is 16.7. The Labute approximate surface area is 185 Å². The smallest absolute Gasteiger partial charge is 0.341 e. The number of carbonyl (C=O) groups is 3. The normalized spacial score (nSPS) is 11.7. The van der Waals surface area contributed by atoms with E-state index in [2.05, 4.69) is 16.6 Å². The molecule has 0 aliphatic rings. The lowest BCUT2D eigenvalue weighted by atomic mass is 10.0. The average Bonchev–Trinajstić information content (AvgIpc) is 3.14. The largest absolute Gasteiger partial charge is 0.365 e. The molecule has 0 N–H and O–H groups in total. The molecule has 0 aliphatic carbocycles. The van der Waals surface area contributed by atoms with Gasteiger partial charge in [0.05, 0.1) is 5.56 Å². The van der Waals surface area contributed by atoms with Crippen LogP contribution in [0.4, 0.5) is 0 Å². The molecule has 3 aromatic carbocycles. The van der Waals surface area contributed by atoms with Gasteiger partial charge >= 0.3 is 5.97 Å². The van der Waals surface area contributed by atoms with Gasteiger partial charge in [0.1, 0.15) is 5.71 Å². The minimum atomic E-state index is -0.629. The summed E-state index contributed by atoms with van der Waals surface area (Å²) in [7, 11) is 0. The summed E-state index contributed by atoms with van der Waals surface area (Å²) in [4.78, 5) is 41.8. The Morgan fingerprint density at radius 1 is 0.812 bits per heavy atom. The van der Waals surface area contributed by atoms with Crippen molar-refractivity contribution in [1.82, 2.24) is 4.57 Å². The zero-order valence-electron chi connectivity index (χ0n) is 18.1. The number of Topliss-reactive ketones (excluding diaryl/α,β-unsaturated/α-hetero) is 2. The third-order valence-electron chi connectivity index (χ3n) is 5.45. The van der Waals surface area contributed by atoms with Crippen molar-refractivity contribution in [3.63, 3.8) is 0 Å². The number of carbonyl (C=O) groups excluding carboxylic acids is 3. The summed E-state index contributed by atoms with van der Waals surface area (Å²) < 4.78 is 2.14. The van der Waals surface area contributed by atoms with E-state index in [9.17, 15) is 14.4 Å². The molecule has 1 aromatic heterocycles. The molecule has 0 unspecified atom stereocenters. The third kappa shape index (κ3) is 3.83. The third-order valence-corrected chi connectivity index (χ3v) is 5.45. The number of fused-ring (bicyclic) bond motifs is 3. The first-order chi connectivity index (χ1) is 15.4. The standard InChI is InChI=1S/C26H22N2O4/c1-4-28-23-12-10-19(17(3)29)14-21(23)22-15-20(11-13-24(22)28)25(30)16(2)27-32-26(31)18-8-6-5-7-9-18/h5-15H,4H2,1-3H3/b27-16-. The average molecular weight is 426 g/mol. The Hall–Kier alpha value is -4.06. The number of hydrogen-bond donors (Lipinski definition) is 0. The molecule has 0 atom stereocenters. The summed E-state index contributed by atoms with van der Waals surface area (Å²) in [6.07, 6.45) is 0. The van der Waals surface area contributed by atoms with Gasteiger partial charge in [-0.25, -0.2) is 4.79 Å². The summed E-state index contributed by atoms with van der Waals surface area (Å²) in [6.45, 7) is 5.84. The van der Waals surface area contributed by atoms with Gasteiger partial charge < -0.3 is 9.40 Å². The molecule has 0 amide bonds. The maximum Gasteiger partial charge on any atom is 0.365 e. The Bertz CT molecular complexity index is 1400. The van der Waals surface area contributed by atoms with Crippen LogP contribution in [0, 0.1) is 0 Å². The van der Waals surface area contributed by atoms with Gasteiger partial charge in [-0.1, -0.05) is 23.4 Å². The second kappa shape index (κ2) is 8.59. The first-order valence-electron chi connectivity index (χ1n) is 10.3. The number of benzene rings is 3. The van der Waals surface area contributed by atoms with Crippen molar-refractivity contribution < 1.29 is 19.2 Å². The number of rotatable bonds is 6. The molecule has 6 heteroatoms. The van der Waals surface area contributed by atoms with E-state index in [-0.39, 0.29) is 17.3 Å². The van der Waals surface area contributed by atoms with E-state index in [1.54, 1.807) is 42.5 Å². The van der Waals surface area contributed by atoms with Gasteiger partial charge in [0.15, 0.2) is 5.78 Å². The molecule has 0 fully saturated rings. The van der Waals surface area contributed by atoms with Crippen LogP contribution in [0.1, 0.15) is 51.8 Å². The highest BCUT2D eigenvalue weighted by molar-refractivity contribution is 6.45. The molecule has 160 valence electrons. The van der Waals surface area contributed by atoms with Crippen molar-refractivity contribution in [2.45, 2.75) is 27.3 Å². The first-order valence-corrected chi connectivity index (χ1v) is 10.3. The van der Waals surface area contributed by atoms with Crippen molar-refractivity contribution in [1.29, 1.82) is 0 Å². The zero-order valence-corrected chi connectivity index (χ0v) is 18.1. The van der Waals surface area contributed by atoms with Gasteiger partial charge in [-0.3, -0.25) is 9.59 Å². The van der Waals surface area contributed by atoms with Gasteiger partial charge in [0.2, 0.25) is 5.78 Å². The van der Waals surface area contributed by atoms with Crippen LogP contribution in [0.2, 0.25) is 0 Å². The van der Waals surface area contributed by atoms with E-state index >= 15 is 0 Å². The highest BCUT2D eigenvalue weighted by Crippen LogP contribution is 2.31. The first kappa shape index (κ1) is 21.2. The fourth-order valence-electron chi connectivity index (χ4n) is 3.79. The Morgan fingerprint density at radius 2 is 1.41 bits per heavy atom. The van der Waals surface area contributed by atoms with E-state index < -0.39 is 5.97 Å². The second-order valence-electron chi connectivity index (χ2n) is 7.51. The van der Waals surface area contributed by atoms with E-state index in [0.29, 0.717) is 16.7 Å². The number of aromatic nitrogens is 1. The van der Waals surface area contributed by atoms with Crippen molar-refractivity contribution in [3.8, 4) is 0 Å². The maximum atomic E-state index is 12.9. The molecule has 0 bridgehead atoms. The molecule has 1 heterocycles. The summed E-state index contributed by atoms with van der Waals surface area (Å²) in [5, 5.41) is 5.54. The molecule has 4 aromatic rings. The minimum Gasteiger partial charge on any atom is -0.341 e. The van der Waals surface area contributed by atoms with E-state index in [4.69, 9.17) is 4.84 Å². The van der Waals surface area contributed by atoms with Gasteiger partial charge in [-0.2, -0.15) is 0 Å². The molecule has 0 saturated heterocycles. The van der Waals surface area contributed by atoms with Crippen molar-refractivity contribution >= 4 is 45.1 Å². The number of hydrogen-bond acceptors (Lipinski definition) is 5. The van der Waals surface area contributed by atoms with E-state index in [0.717, 1.165) is 28.4 Å².